The van der Waals surface area contributed by atoms with Crippen molar-refractivity contribution in [3.8, 4) is 6.07 Å². The van der Waals surface area contributed by atoms with Crippen LogP contribution in [-0.2, 0) is 27.8 Å². The molecule has 2 aromatic carbocycles. The first-order valence-electron chi connectivity index (χ1n) is 10.2. The number of nitrogens with zero attached hydrogens (tertiary/aromatic N) is 1. The molecule has 1 aliphatic carbocycles. The molecule has 7 nitrogen and oxygen atoms in total. The molecule has 31 heavy (non-hydrogen) atoms. The summed E-state index contributed by atoms with van der Waals surface area (Å²) in [6.45, 7) is 1.98. The second-order valence-electron chi connectivity index (χ2n) is 7.48. The molecule has 3 N–H and O–H groups in total. The van der Waals surface area contributed by atoms with Crippen molar-refractivity contribution in [2.75, 3.05) is 5.32 Å². The van der Waals surface area contributed by atoms with Gasteiger partial charge in [-0.25, -0.2) is 0 Å². The first-order valence-corrected chi connectivity index (χ1v) is 11.6. The number of hydrogen-bond donors (Lipinski definition) is 3. The normalized spacial score (nSPS) is 14.8. The Balaban J connectivity index is 1.70. The van der Waals surface area contributed by atoms with Crippen LogP contribution in [0.15, 0.2) is 59.1 Å². The average Bonchev–Trinajstić information content (AvgIpc) is 2.77. The highest BCUT2D eigenvalue weighted by atomic mass is 32.2. The summed E-state index contributed by atoms with van der Waals surface area (Å²) in [6, 6.07) is 13.3. The van der Waals surface area contributed by atoms with Crippen LogP contribution in [0, 0.1) is 11.3 Å². The molecule has 0 bridgehead atoms. The van der Waals surface area contributed by atoms with E-state index in [1.807, 2.05) is 19.1 Å². The number of nitriles is 1. The van der Waals surface area contributed by atoms with E-state index in [4.69, 9.17) is 4.55 Å². The van der Waals surface area contributed by atoms with Gasteiger partial charge >= 0.3 is 0 Å². The summed E-state index contributed by atoms with van der Waals surface area (Å²) in [4.78, 5) is 12.4. The average molecular weight is 440 g/mol. The minimum atomic E-state index is -4.28. The molecular formula is C23H25N3O4S. The van der Waals surface area contributed by atoms with Crippen LogP contribution in [0.25, 0.3) is 0 Å². The van der Waals surface area contributed by atoms with Crippen molar-refractivity contribution in [2.24, 2.45) is 0 Å². The van der Waals surface area contributed by atoms with Gasteiger partial charge in [0, 0.05) is 11.9 Å². The highest BCUT2D eigenvalue weighted by Gasteiger charge is 2.18. The summed E-state index contributed by atoms with van der Waals surface area (Å²) in [7, 11) is -4.28. The van der Waals surface area contributed by atoms with Gasteiger partial charge in [-0.2, -0.15) is 13.7 Å². The minimum Gasteiger partial charge on any atom is -0.360 e. The number of benzene rings is 2. The number of amides is 1. The fourth-order valence-electron chi connectivity index (χ4n) is 3.65. The van der Waals surface area contributed by atoms with Crippen molar-refractivity contribution in [1.82, 2.24) is 5.32 Å². The summed E-state index contributed by atoms with van der Waals surface area (Å²) in [5, 5.41) is 15.1. The van der Waals surface area contributed by atoms with E-state index < -0.39 is 16.0 Å². The Labute approximate surface area is 182 Å². The third-order valence-electron chi connectivity index (χ3n) is 5.39. The molecule has 0 aromatic heterocycles. The Bertz CT molecular complexity index is 1130. The third kappa shape index (κ3) is 5.72. The number of rotatable bonds is 7. The molecule has 1 unspecified atom stereocenters. The summed E-state index contributed by atoms with van der Waals surface area (Å²) in [5.41, 5.74) is 4.10. The molecule has 162 valence electrons. The van der Waals surface area contributed by atoms with Crippen molar-refractivity contribution in [3.05, 3.63) is 70.9 Å². The number of carbonyl (C=O) groups excluding carboxylic acids is 1. The van der Waals surface area contributed by atoms with E-state index in [9.17, 15) is 18.5 Å². The number of aryl methyl sites for hydroxylation is 2. The van der Waals surface area contributed by atoms with E-state index in [0.717, 1.165) is 18.4 Å². The minimum absolute atomic E-state index is 0.102. The Hall–Kier alpha value is -3.15. The van der Waals surface area contributed by atoms with E-state index in [1.165, 1.54) is 54.4 Å². The molecule has 0 spiro atoms. The standard InChI is InChI=1S/C23H25N3O4S/c1-2-22(18-8-7-16-5-3-4-6-17(16)13-18)26-23(27)19(14-24)15-25-20-9-11-21(12-10-20)31(28,29)30/h7-13,15,22,25H,2-6H2,1H3,(H,26,27)(H,28,29,30)/b19-15-. The number of hydrogen-bond acceptors (Lipinski definition) is 5. The lowest BCUT2D eigenvalue weighted by atomic mass is 9.88. The maximum Gasteiger partial charge on any atom is 0.294 e. The van der Waals surface area contributed by atoms with E-state index in [1.54, 1.807) is 0 Å². The summed E-state index contributed by atoms with van der Waals surface area (Å²) in [6.07, 6.45) is 6.50. The molecule has 0 radical (unpaired) electrons. The first-order chi connectivity index (χ1) is 14.8. The van der Waals surface area contributed by atoms with Gasteiger partial charge in [0.25, 0.3) is 16.0 Å². The van der Waals surface area contributed by atoms with Crippen molar-refractivity contribution < 1.29 is 17.8 Å². The summed E-state index contributed by atoms with van der Waals surface area (Å²) >= 11 is 0. The van der Waals surface area contributed by atoms with E-state index in [-0.39, 0.29) is 16.5 Å². The fraction of sp³-hybridized carbons (Fsp3) is 0.304. The fourth-order valence-corrected chi connectivity index (χ4v) is 4.13. The molecular weight excluding hydrogens is 414 g/mol. The van der Waals surface area contributed by atoms with Crippen molar-refractivity contribution in [1.29, 1.82) is 5.26 Å². The van der Waals surface area contributed by atoms with Crippen LogP contribution in [0.5, 0.6) is 0 Å². The van der Waals surface area contributed by atoms with Crippen molar-refractivity contribution >= 4 is 21.7 Å². The molecule has 8 heteroatoms. The predicted molar refractivity (Wildman–Crippen MR) is 118 cm³/mol. The number of carbonyl (C=O) groups is 1. The van der Waals surface area contributed by atoms with Crippen molar-refractivity contribution in [2.45, 2.75) is 50.0 Å². The molecule has 0 fully saturated rings. The smallest absolute Gasteiger partial charge is 0.294 e. The first kappa shape index (κ1) is 22.5. The zero-order valence-electron chi connectivity index (χ0n) is 17.3. The lowest BCUT2D eigenvalue weighted by Gasteiger charge is -2.21. The predicted octanol–water partition coefficient (Wildman–Crippen LogP) is 3.90. The number of nitrogens with one attached hydrogen (secondary N) is 2. The molecule has 0 heterocycles. The van der Waals surface area contributed by atoms with Gasteiger partial charge in [-0.15, -0.1) is 0 Å². The highest BCUT2D eigenvalue weighted by Crippen LogP contribution is 2.26. The van der Waals surface area contributed by atoms with Gasteiger partial charge in [0.2, 0.25) is 0 Å². The molecule has 1 atom stereocenters. The molecule has 0 aliphatic heterocycles. The van der Waals surface area contributed by atoms with Gasteiger partial charge in [0.1, 0.15) is 11.6 Å². The molecule has 2 aromatic rings. The zero-order valence-corrected chi connectivity index (χ0v) is 18.1. The second kappa shape index (κ2) is 9.77. The Morgan fingerprint density at radius 1 is 1.16 bits per heavy atom. The van der Waals surface area contributed by atoms with Crippen LogP contribution in [-0.4, -0.2) is 18.9 Å². The summed E-state index contributed by atoms with van der Waals surface area (Å²) < 4.78 is 31.2. The maximum absolute atomic E-state index is 12.7. The molecule has 1 aliphatic rings. The van der Waals surface area contributed by atoms with Crippen LogP contribution < -0.4 is 10.6 Å². The molecule has 0 saturated carbocycles. The van der Waals surface area contributed by atoms with Crippen LogP contribution >= 0.6 is 0 Å². The highest BCUT2D eigenvalue weighted by molar-refractivity contribution is 7.85. The van der Waals surface area contributed by atoms with Crippen LogP contribution in [0.1, 0.15) is 48.9 Å². The van der Waals surface area contributed by atoms with E-state index in [2.05, 4.69) is 22.8 Å². The van der Waals surface area contributed by atoms with Gasteiger partial charge in [0.15, 0.2) is 0 Å². The lowest BCUT2D eigenvalue weighted by molar-refractivity contribution is -0.117. The van der Waals surface area contributed by atoms with Crippen LogP contribution in [0.2, 0.25) is 0 Å². The maximum atomic E-state index is 12.7. The molecule has 0 saturated heterocycles. The largest absolute Gasteiger partial charge is 0.360 e. The Kier molecular flexibility index (Phi) is 7.10. The van der Waals surface area contributed by atoms with Crippen LogP contribution in [0.3, 0.4) is 0 Å². The van der Waals surface area contributed by atoms with Crippen LogP contribution in [0.4, 0.5) is 5.69 Å². The van der Waals surface area contributed by atoms with E-state index in [0.29, 0.717) is 12.1 Å². The third-order valence-corrected chi connectivity index (χ3v) is 6.26. The number of fused-ring (bicyclic) bond motifs is 1. The van der Waals surface area contributed by atoms with Gasteiger partial charge < -0.3 is 10.6 Å². The molecule has 3 rings (SSSR count). The van der Waals surface area contributed by atoms with E-state index >= 15 is 0 Å². The molecule has 1 amide bonds. The van der Waals surface area contributed by atoms with Gasteiger partial charge in [-0.05, 0) is 73.1 Å². The zero-order chi connectivity index (χ0) is 22.4. The SMILES string of the molecule is CCC(NC(=O)/C(C#N)=C\Nc1ccc(S(=O)(=O)O)cc1)c1ccc2c(c1)CCCC2. The Morgan fingerprint density at radius 2 is 1.84 bits per heavy atom. The lowest BCUT2D eigenvalue weighted by Crippen LogP contribution is -2.29. The van der Waals surface area contributed by atoms with Gasteiger partial charge in [-0.1, -0.05) is 25.1 Å². The van der Waals surface area contributed by atoms with Gasteiger partial charge in [0.05, 0.1) is 10.9 Å². The number of anilines is 1. The van der Waals surface area contributed by atoms with Gasteiger partial charge in [-0.3, -0.25) is 9.35 Å². The monoisotopic (exact) mass is 439 g/mol. The Morgan fingerprint density at radius 3 is 2.45 bits per heavy atom. The topological polar surface area (TPSA) is 119 Å². The quantitative estimate of drug-likeness (QED) is 0.342. The van der Waals surface area contributed by atoms with Crippen molar-refractivity contribution in [3.63, 3.8) is 0 Å². The summed E-state index contributed by atoms with van der Waals surface area (Å²) in [5.74, 6) is -0.492. The second-order valence-corrected chi connectivity index (χ2v) is 8.90.